The first-order valence-electron chi connectivity index (χ1n) is 7.89. The molecule has 0 bridgehead atoms. The number of nitrogens with zero attached hydrogens (tertiary/aromatic N) is 1. The van der Waals surface area contributed by atoms with Crippen molar-refractivity contribution in [3.8, 4) is 0 Å². The molecule has 3 heteroatoms. The fourth-order valence-electron chi connectivity index (χ4n) is 3.54. The summed E-state index contributed by atoms with van der Waals surface area (Å²) in [5, 5.41) is 0. The zero-order chi connectivity index (χ0) is 14.6. The Morgan fingerprint density at radius 3 is 1.79 bits per heavy atom. The molecule has 2 unspecified atom stereocenters. The summed E-state index contributed by atoms with van der Waals surface area (Å²) in [6.07, 6.45) is 2.75. The van der Waals surface area contributed by atoms with Gasteiger partial charge in [-0.15, -0.1) is 0 Å². The molecule has 0 aromatic rings. The van der Waals surface area contributed by atoms with E-state index >= 15 is 0 Å². The smallest absolute Gasteiger partial charge is 0.0568 e. The molecule has 114 valence electrons. The number of ether oxygens (including phenoxy) is 1. The minimum absolute atomic E-state index is 0.131. The summed E-state index contributed by atoms with van der Waals surface area (Å²) in [5.41, 5.74) is 6.35. The Bertz CT molecular complexity index is 245. The molecule has 0 radical (unpaired) electrons. The number of nitrogens with two attached hydrogens (primary N) is 1. The maximum absolute atomic E-state index is 6.22. The first-order chi connectivity index (χ1) is 8.79. The van der Waals surface area contributed by atoms with Crippen LogP contribution in [0.2, 0.25) is 0 Å². The lowest BCUT2D eigenvalue weighted by molar-refractivity contribution is -0.107. The van der Waals surface area contributed by atoms with Crippen molar-refractivity contribution >= 4 is 0 Å². The summed E-state index contributed by atoms with van der Waals surface area (Å²) in [6, 6.07) is 0. The van der Waals surface area contributed by atoms with E-state index in [1.54, 1.807) is 0 Å². The van der Waals surface area contributed by atoms with Crippen LogP contribution in [-0.2, 0) is 4.74 Å². The lowest BCUT2D eigenvalue weighted by Gasteiger charge is -2.50. The van der Waals surface area contributed by atoms with Gasteiger partial charge in [-0.2, -0.15) is 0 Å². The molecular weight excluding hydrogens is 236 g/mol. The van der Waals surface area contributed by atoms with E-state index < -0.39 is 0 Å². The fourth-order valence-corrected chi connectivity index (χ4v) is 3.54. The maximum Gasteiger partial charge on any atom is 0.0568 e. The van der Waals surface area contributed by atoms with Crippen LogP contribution in [0.5, 0.6) is 0 Å². The molecule has 0 saturated carbocycles. The average Bonchev–Trinajstić information content (AvgIpc) is 2.25. The van der Waals surface area contributed by atoms with E-state index in [0.29, 0.717) is 24.0 Å². The number of hydrogen-bond acceptors (Lipinski definition) is 3. The van der Waals surface area contributed by atoms with Gasteiger partial charge in [0.25, 0.3) is 0 Å². The van der Waals surface area contributed by atoms with E-state index in [1.807, 2.05) is 0 Å². The Hall–Kier alpha value is -0.120. The third-order valence-corrected chi connectivity index (χ3v) is 4.02. The van der Waals surface area contributed by atoms with Crippen molar-refractivity contribution in [3.63, 3.8) is 0 Å². The van der Waals surface area contributed by atoms with Gasteiger partial charge in [0.15, 0.2) is 0 Å². The fraction of sp³-hybridized carbons (Fsp3) is 1.00. The summed E-state index contributed by atoms with van der Waals surface area (Å²) >= 11 is 0. The lowest BCUT2D eigenvalue weighted by atomic mass is 9.81. The van der Waals surface area contributed by atoms with E-state index in [0.717, 1.165) is 32.5 Å². The van der Waals surface area contributed by atoms with Gasteiger partial charge in [0.05, 0.1) is 12.2 Å². The van der Waals surface area contributed by atoms with Crippen LogP contribution in [0.4, 0.5) is 0 Å². The molecule has 1 heterocycles. The van der Waals surface area contributed by atoms with Crippen LogP contribution in [0.3, 0.4) is 0 Å². The van der Waals surface area contributed by atoms with Crippen LogP contribution < -0.4 is 5.73 Å². The molecule has 0 spiro atoms. The lowest BCUT2D eigenvalue weighted by Crippen LogP contribution is -2.61. The largest absolute Gasteiger partial charge is 0.375 e. The van der Waals surface area contributed by atoms with Crippen molar-refractivity contribution in [2.45, 2.75) is 72.1 Å². The first-order valence-corrected chi connectivity index (χ1v) is 7.89. The second-order valence-electron chi connectivity index (χ2n) is 7.29. The minimum Gasteiger partial charge on any atom is -0.375 e. The van der Waals surface area contributed by atoms with Gasteiger partial charge >= 0.3 is 0 Å². The van der Waals surface area contributed by atoms with Gasteiger partial charge in [-0.05, 0) is 38.5 Å². The molecule has 0 aromatic heterocycles. The number of hydrogen-bond donors (Lipinski definition) is 1. The zero-order valence-corrected chi connectivity index (χ0v) is 13.8. The zero-order valence-electron chi connectivity index (χ0n) is 13.8. The van der Waals surface area contributed by atoms with Crippen molar-refractivity contribution in [1.29, 1.82) is 0 Å². The third-order valence-electron chi connectivity index (χ3n) is 4.02. The van der Waals surface area contributed by atoms with Gasteiger partial charge in [-0.25, -0.2) is 0 Å². The first kappa shape index (κ1) is 16.9. The molecule has 0 aromatic carbocycles. The second kappa shape index (κ2) is 7.05. The highest BCUT2D eigenvalue weighted by atomic mass is 16.5. The molecule has 0 aliphatic carbocycles. The number of rotatable bonds is 6. The Kier molecular flexibility index (Phi) is 6.28. The van der Waals surface area contributed by atoms with Gasteiger partial charge < -0.3 is 10.5 Å². The van der Waals surface area contributed by atoms with E-state index in [1.165, 1.54) is 0 Å². The third kappa shape index (κ3) is 4.73. The van der Waals surface area contributed by atoms with Gasteiger partial charge in [-0.3, -0.25) is 4.90 Å². The highest BCUT2D eigenvalue weighted by molar-refractivity contribution is 4.98. The SMILES string of the molecule is CC(C)CN(CC(C)C)C1(CN)CC(C)OC(C)C1. The van der Waals surface area contributed by atoms with E-state index in [2.05, 4.69) is 46.4 Å². The quantitative estimate of drug-likeness (QED) is 0.806. The molecule has 1 saturated heterocycles. The van der Waals surface area contributed by atoms with Crippen molar-refractivity contribution in [3.05, 3.63) is 0 Å². The molecular formula is C16H34N2O. The standard InChI is InChI=1S/C16H34N2O/c1-12(2)9-18(10-13(3)4)16(11-17)7-14(5)19-15(6)8-16/h12-15H,7-11,17H2,1-6H3. The van der Waals surface area contributed by atoms with E-state index in [4.69, 9.17) is 10.5 Å². The minimum atomic E-state index is 0.131. The van der Waals surface area contributed by atoms with Crippen molar-refractivity contribution in [1.82, 2.24) is 4.90 Å². The second-order valence-corrected chi connectivity index (χ2v) is 7.29. The van der Waals surface area contributed by atoms with Gasteiger partial charge in [0.2, 0.25) is 0 Å². The molecule has 1 rings (SSSR count). The van der Waals surface area contributed by atoms with Crippen LogP contribution in [0.15, 0.2) is 0 Å². The molecule has 1 aliphatic heterocycles. The van der Waals surface area contributed by atoms with Crippen molar-refractivity contribution in [2.75, 3.05) is 19.6 Å². The highest BCUT2D eigenvalue weighted by Gasteiger charge is 2.42. The normalized spacial score (nSPS) is 32.5. The molecule has 0 amide bonds. The monoisotopic (exact) mass is 270 g/mol. The van der Waals surface area contributed by atoms with Gasteiger partial charge in [0.1, 0.15) is 0 Å². The summed E-state index contributed by atoms with van der Waals surface area (Å²) < 4.78 is 5.92. The predicted molar refractivity (Wildman–Crippen MR) is 82.3 cm³/mol. The highest BCUT2D eigenvalue weighted by Crippen LogP contribution is 2.34. The predicted octanol–water partition coefficient (Wildman–Crippen LogP) is 2.89. The summed E-state index contributed by atoms with van der Waals surface area (Å²) in [6.45, 7) is 16.6. The van der Waals surface area contributed by atoms with Crippen molar-refractivity contribution in [2.24, 2.45) is 17.6 Å². The molecule has 2 atom stereocenters. The Morgan fingerprint density at radius 1 is 1.05 bits per heavy atom. The molecule has 19 heavy (non-hydrogen) atoms. The van der Waals surface area contributed by atoms with E-state index in [-0.39, 0.29) is 5.54 Å². The average molecular weight is 270 g/mol. The molecule has 2 N–H and O–H groups in total. The molecule has 1 aliphatic rings. The molecule has 1 fully saturated rings. The summed E-state index contributed by atoms with van der Waals surface area (Å²) in [4.78, 5) is 2.65. The Labute approximate surface area is 119 Å². The van der Waals surface area contributed by atoms with Crippen LogP contribution in [0, 0.1) is 11.8 Å². The van der Waals surface area contributed by atoms with Crippen LogP contribution in [-0.4, -0.2) is 42.3 Å². The van der Waals surface area contributed by atoms with Crippen LogP contribution >= 0.6 is 0 Å². The molecule has 3 nitrogen and oxygen atoms in total. The van der Waals surface area contributed by atoms with E-state index in [9.17, 15) is 0 Å². The summed E-state index contributed by atoms with van der Waals surface area (Å²) in [5.74, 6) is 1.35. The Balaban J connectivity index is 2.91. The topological polar surface area (TPSA) is 38.5 Å². The van der Waals surface area contributed by atoms with Gasteiger partial charge in [-0.1, -0.05) is 27.7 Å². The van der Waals surface area contributed by atoms with Gasteiger partial charge in [0, 0.05) is 25.2 Å². The Morgan fingerprint density at radius 2 is 1.47 bits per heavy atom. The van der Waals surface area contributed by atoms with Crippen LogP contribution in [0.1, 0.15) is 54.4 Å². The maximum atomic E-state index is 6.22. The van der Waals surface area contributed by atoms with Crippen LogP contribution in [0.25, 0.3) is 0 Å². The van der Waals surface area contributed by atoms with Crippen molar-refractivity contribution < 1.29 is 4.74 Å². The summed E-state index contributed by atoms with van der Waals surface area (Å²) in [7, 11) is 0.